The van der Waals surface area contributed by atoms with Gasteiger partial charge in [-0.1, -0.05) is 0 Å². The summed E-state index contributed by atoms with van der Waals surface area (Å²) in [5.41, 5.74) is 1.06. The average molecular weight is 450 g/mol. The van der Waals surface area contributed by atoms with Crippen molar-refractivity contribution in [2.24, 2.45) is 0 Å². The van der Waals surface area contributed by atoms with Crippen molar-refractivity contribution >= 4 is 17.5 Å². The Morgan fingerprint density at radius 2 is 1.97 bits per heavy atom. The molecule has 2 aromatic rings. The molecule has 4 rings (SSSR count). The first-order chi connectivity index (χ1) is 15.2. The number of rotatable bonds is 4. The van der Waals surface area contributed by atoms with Crippen molar-refractivity contribution in [3.05, 3.63) is 50.9 Å². The van der Waals surface area contributed by atoms with E-state index in [0.29, 0.717) is 74.1 Å². The Morgan fingerprint density at radius 1 is 1.22 bits per heavy atom. The van der Waals surface area contributed by atoms with E-state index < -0.39 is 11.7 Å². The van der Waals surface area contributed by atoms with Crippen LogP contribution in [0.25, 0.3) is 0 Å². The first-order valence-corrected chi connectivity index (χ1v) is 10.7. The quantitative estimate of drug-likeness (QED) is 0.775. The number of carbonyl (C=O) groups excluding carboxylic acids is 1. The molecule has 7 nitrogen and oxygen atoms in total. The average Bonchev–Trinajstić information content (AvgIpc) is 2.77. The number of aromatic nitrogens is 2. The SMILES string of the molecule is Cc1nc(N2CCOCC2)[nH]c(=O)c1CCC(=O)N1CCCc2cc(C(F)(F)F)ccc21. The van der Waals surface area contributed by atoms with Gasteiger partial charge in [-0.3, -0.25) is 14.6 Å². The van der Waals surface area contributed by atoms with Gasteiger partial charge < -0.3 is 14.5 Å². The van der Waals surface area contributed by atoms with E-state index in [4.69, 9.17) is 4.74 Å². The molecule has 1 amide bonds. The van der Waals surface area contributed by atoms with Crippen molar-refractivity contribution in [3.8, 4) is 0 Å². The monoisotopic (exact) mass is 450 g/mol. The summed E-state index contributed by atoms with van der Waals surface area (Å²) in [6, 6.07) is 3.50. The molecule has 1 saturated heterocycles. The van der Waals surface area contributed by atoms with Crippen molar-refractivity contribution in [1.82, 2.24) is 9.97 Å². The summed E-state index contributed by atoms with van der Waals surface area (Å²) in [5.74, 6) is 0.276. The van der Waals surface area contributed by atoms with Crippen molar-refractivity contribution in [3.63, 3.8) is 0 Å². The first-order valence-electron chi connectivity index (χ1n) is 10.7. The second-order valence-electron chi connectivity index (χ2n) is 8.04. The van der Waals surface area contributed by atoms with E-state index in [1.54, 1.807) is 6.92 Å². The molecule has 1 aromatic carbocycles. The molecule has 1 fully saturated rings. The van der Waals surface area contributed by atoms with Gasteiger partial charge in [-0.05, 0) is 49.9 Å². The zero-order chi connectivity index (χ0) is 22.9. The molecule has 0 aliphatic carbocycles. The number of morpholine rings is 1. The molecule has 0 bridgehead atoms. The highest BCUT2D eigenvalue weighted by Gasteiger charge is 2.32. The summed E-state index contributed by atoms with van der Waals surface area (Å²) in [6.45, 7) is 4.62. The maximum absolute atomic E-state index is 13.0. The highest BCUT2D eigenvalue weighted by Crippen LogP contribution is 2.35. The number of nitrogens with zero attached hydrogens (tertiary/aromatic N) is 3. The normalized spacial score (nSPS) is 16.8. The van der Waals surface area contributed by atoms with E-state index >= 15 is 0 Å². The topological polar surface area (TPSA) is 78.5 Å². The number of H-pyrrole nitrogens is 1. The van der Waals surface area contributed by atoms with Gasteiger partial charge in [0.2, 0.25) is 11.9 Å². The molecule has 0 radical (unpaired) electrons. The standard InChI is InChI=1S/C22H25F3N4O3/c1-14-17(20(31)27-21(26-14)28-9-11-32-12-10-28)5-7-19(30)29-8-2-3-15-13-16(22(23,24)25)4-6-18(15)29/h4,6,13H,2-3,5,7-12H2,1H3,(H,26,27,31). The fourth-order valence-corrected chi connectivity index (χ4v) is 4.21. The number of ether oxygens (including phenoxy) is 1. The maximum atomic E-state index is 13.0. The number of alkyl halides is 3. The van der Waals surface area contributed by atoms with Crippen LogP contribution in [0.3, 0.4) is 0 Å². The molecule has 2 aliphatic rings. The van der Waals surface area contributed by atoms with Crippen LogP contribution in [-0.4, -0.2) is 48.7 Å². The van der Waals surface area contributed by atoms with Crippen molar-refractivity contribution in [1.29, 1.82) is 0 Å². The molecular weight excluding hydrogens is 425 g/mol. The van der Waals surface area contributed by atoms with E-state index in [1.807, 2.05) is 4.90 Å². The van der Waals surface area contributed by atoms with Gasteiger partial charge in [0, 0.05) is 43.0 Å². The van der Waals surface area contributed by atoms with Crippen LogP contribution in [0.15, 0.2) is 23.0 Å². The highest BCUT2D eigenvalue weighted by molar-refractivity contribution is 5.94. The minimum absolute atomic E-state index is 0.0724. The Hall–Kier alpha value is -2.88. The van der Waals surface area contributed by atoms with Crippen LogP contribution in [0, 0.1) is 6.92 Å². The number of nitrogens with one attached hydrogen (secondary N) is 1. The van der Waals surface area contributed by atoms with Crippen LogP contribution in [0.2, 0.25) is 0 Å². The van der Waals surface area contributed by atoms with Crippen molar-refractivity contribution < 1.29 is 22.7 Å². The van der Waals surface area contributed by atoms with Crippen molar-refractivity contribution in [2.45, 2.75) is 38.8 Å². The number of fused-ring (bicyclic) bond motifs is 1. The Morgan fingerprint density at radius 3 is 2.66 bits per heavy atom. The summed E-state index contributed by atoms with van der Waals surface area (Å²) in [5, 5.41) is 0. The molecule has 0 saturated carbocycles. The lowest BCUT2D eigenvalue weighted by Gasteiger charge is -2.30. The van der Waals surface area contributed by atoms with Gasteiger partial charge in [0.1, 0.15) is 0 Å². The summed E-state index contributed by atoms with van der Waals surface area (Å²) >= 11 is 0. The third-order valence-corrected chi connectivity index (χ3v) is 5.94. The minimum Gasteiger partial charge on any atom is -0.378 e. The Labute approximate surface area is 183 Å². The lowest BCUT2D eigenvalue weighted by Crippen LogP contribution is -2.39. The molecule has 1 N–H and O–H groups in total. The zero-order valence-electron chi connectivity index (χ0n) is 17.8. The van der Waals surface area contributed by atoms with Crippen LogP contribution in [-0.2, 0) is 28.5 Å². The summed E-state index contributed by atoms with van der Waals surface area (Å²) in [6.07, 6.45) is -3.05. The Bertz CT molecular complexity index is 1060. The number of hydrogen-bond donors (Lipinski definition) is 1. The lowest BCUT2D eigenvalue weighted by atomic mass is 9.98. The number of carbonyl (C=O) groups is 1. The summed E-state index contributed by atoms with van der Waals surface area (Å²) in [7, 11) is 0. The molecule has 10 heteroatoms. The van der Waals surface area contributed by atoms with E-state index in [9.17, 15) is 22.8 Å². The van der Waals surface area contributed by atoms with E-state index in [0.717, 1.165) is 12.1 Å². The van der Waals surface area contributed by atoms with Gasteiger partial charge in [-0.2, -0.15) is 13.2 Å². The van der Waals surface area contributed by atoms with Crippen LogP contribution in [0.5, 0.6) is 0 Å². The van der Waals surface area contributed by atoms with Gasteiger partial charge in [0.05, 0.1) is 18.8 Å². The predicted molar refractivity (Wildman–Crippen MR) is 113 cm³/mol. The third-order valence-electron chi connectivity index (χ3n) is 5.94. The number of anilines is 2. The first kappa shape index (κ1) is 22.3. The number of aromatic amines is 1. The molecule has 32 heavy (non-hydrogen) atoms. The van der Waals surface area contributed by atoms with Crippen LogP contribution < -0.4 is 15.4 Å². The van der Waals surface area contributed by atoms with Gasteiger partial charge in [0.25, 0.3) is 5.56 Å². The Kier molecular flexibility index (Phi) is 6.23. The second kappa shape index (κ2) is 8.93. The Balaban J connectivity index is 1.47. The van der Waals surface area contributed by atoms with Crippen LogP contribution in [0.1, 0.15) is 35.2 Å². The molecule has 0 atom stereocenters. The minimum atomic E-state index is -4.42. The number of hydrogen-bond acceptors (Lipinski definition) is 5. The van der Waals surface area contributed by atoms with Gasteiger partial charge in [-0.15, -0.1) is 0 Å². The fraction of sp³-hybridized carbons (Fsp3) is 0.500. The van der Waals surface area contributed by atoms with E-state index in [2.05, 4.69) is 9.97 Å². The molecule has 172 valence electrons. The van der Waals surface area contributed by atoms with Gasteiger partial charge in [0.15, 0.2) is 0 Å². The smallest absolute Gasteiger partial charge is 0.378 e. The molecular formula is C22H25F3N4O3. The number of benzene rings is 1. The molecule has 0 spiro atoms. The van der Waals surface area contributed by atoms with Gasteiger partial charge in [-0.25, -0.2) is 4.98 Å². The maximum Gasteiger partial charge on any atom is 0.416 e. The summed E-state index contributed by atoms with van der Waals surface area (Å²) < 4.78 is 44.4. The van der Waals surface area contributed by atoms with Gasteiger partial charge >= 0.3 is 6.18 Å². The zero-order valence-corrected chi connectivity index (χ0v) is 17.8. The number of aryl methyl sites for hydroxylation is 2. The summed E-state index contributed by atoms with van der Waals surface area (Å²) in [4.78, 5) is 36.3. The number of halogens is 3. The number of amides is 1. The predicted octanol–water partition coefficient (Wildman–Crippen LogP) is 2.85. The second-order valence-corrected chi connectivity index (χ2v) is 8.04. The lowest BCUT2D eigenvalue weighted by molar-refractivity contribution is -0.137. The molecule has 2 aliphatic heterocycles. The fourth-order valence-electron chi connectivity index (χ4n) is 4.21. The van der Waals surface area contributed by atoms with E-state index in [-0.39, 0.29) is 24.3 Å². The van der Waals surface area contributed by atoms with Crippen LogP contribution in [0.4, 0.5) is 24.8 Å². The molecule has 0 unspecified atom stereocenters. The third kappa shape index (κ3) is 4.64. The molecule has 1 aromatic heterocycles. The van der Waals surface area contributed by atoms with Crippen molar-refractivity contribution in [2.75, 3.05) is 42.6 Å². The largest absolute Gasteiger partial charge is 0.416 e. The van der Waals surface area contributed by atoms with E-state index in [1.165, 1.54) is 11.0 Å². The van der Waals surface area contributed by atoms with Crippen LogP contribution >= 0.6 is 0 Å². The molecule has 3 heterocycles. The highest BCUT2D eigenvalue weighted by atomic mass is 19.4.